The van der Waals surface area contributed by atoms with Gasteiger partial charge in [-0.2, -0.15) is 0 Å². The van der Waals surface area contributed by atoms with Gasteiger partial charge < -0.3 is 10.6 Å². The Hall–Kier alpha value is -1.65. The number of amides is 1. The first kappa shape index (κ1) is 12.8. The number of halogens is 2. The van der Waals surface area contributed by atoms with E-state index in [2.05, 4.69) is 0 Å². The lowest BCUT2D eigenvalue weighted by atomic mass is 9.77. The topological polar surface area (TPSA) is 46.3 Å². The summed E-state index contributed by atoms with van der Waals surface area (Å²) in [6.07, 6.45) is -2.32. The van der Waals surface area contributed by atoms with Crippen molar-refractivity contribution >= 4 is 17.3 Å². The van der Waals surface area contributed by atoms with Gasteiger partial charge in [-0.1, -0.05) is 13.8 Å². The summed E-state index contributed by atoms with van der Waals surface area (Å²) in [6.45, 7) is 3.28. The van der Waals surface area contributed by atoms with E-state index < -0.39 is 13.0 Å². The summed E-state index contributed by atoms with van der Waals surface area (Å²) in [7, 11) is 0. The van der Waals surface area contributed by atoms with Crippen molar-refractivity contribution in [2.75, 3.05) is 17.2 Å². The van der Waals surface area contributed by atoms with Gasteiger partial charge in [0.1, 0.15) is 0 Å². The summed E-state index contributed by atoms with van der Waals surface area (Å²) < 4.78 is 25.1. The smallest absolute Gasteiger partial charge is 0.256 e. The maximum absolute atomic E-state index is 12.5. The minimum atomic E-state index is -2.54. The Balaban J connectivity index is 2.51. The Kier molecular flexibility index (Phi) is 3.00. The molecule has 2 rings (SSSR count). The Labute approximate surface area is 105 Å². The number of nitrogens with two attached hydrogens (primary N) is 1. The van der Waals surface area contributed by atoms with E-state index in [9.17, 15) is 13.6 Å². The molecule has 1 aliphatic rings. The molecule has 2 N–H and O–H groups in total. The second-order valence-electron chi connectivity index (χ2n) is 5.23. The molecule has 3 nitrogen and oxygen atoms in total. The summed E-state index contributed by atoms with van der Waals surface area (Å²) in [6, 6.07) is 5.04. The fourth-order valence-corrected chi connectivity index (χ4v) is 2.37. The number of hydrogen-bond donors (Lipinski definition) is 1. The summed E-state index contributed by atoms with van der Waals surface area (Å²) in [5.41, 5.74) is 7.33. The Morgan fingerprint density at radius 2 is 2.11 bits per heavy atom. The second kappa shape index (κ2) is 4.23. The molecule has 18 heavy (non-hydrogen) atoms. The molecule has 0 radical (unpaired) electrons. The van der Waals surface area contributed by atoms with Crippen LogP contribution >= 0.6 is 0 Å². The molecule has 0 spiro atoms. The van der Waals surface area contributed by atoms with E-state index in [0.717, 1.165) is 10.5 Å². The highest BCUT2D eigenvalue weighted by molar-refractivity contribution is 5.98. The number of fused-ring (bicyclic) bond motifs is 1. The minimum absolute atomic E-state index is 0.218. The van der Waals surface area contributed by atoms with Crippen LogP contribution in [0.25, 0.3) is 0 Å². The highest BCUT2D eigenvalue weighted by Crippen LogP contribution is 2.41. The summed E-state index contributed by atoms with van der Waals surface area (Å²) in [5, 5.41) is 0. The number of alkyl halides is 2. The third kappa shape index (κ3) is 2.17. The fourth-order valence-electron chi connectivity index (χ4n) is 2.37. The van der Waals surface area contributed by atoms with Gasteiger partial charge in [0.2, 0.25) is 5.91 Å². The molecule has 0 unspecified atom stereocenters. The van der Waals surface area contributed by atoms with Gasteiger partial charge in [-0.3, -0.25) is 4.79 Å². The minimum Gasteiger partial charge on any atom is -0.399 e. The predicted molar refractivity (Wildman–Crippen MR) is 66.9 cm³/mol. The van der Waals surface area contributed by atoms with Gasteiger partial charge in [-0.05, 0) is 23.8 Å². The molecule has 1 aromatic carbocycles. The van der Waals surface area contributed by atoms with Crippen LogP contribution in [0.5, 0.6) is 0 Å². The summed E-state index contributed by atoms with van der Waals surface area (Å²) in [4.78, 5) is 13.1. The number of benzene rings is 1. The second-order valence-corrected chi connectivity index (χ2v) is 5.23. The standard InChI is InChI=1S/C13H16F2N2O/c1-13(2)6-12(18)17(7-11(14)15)10-4-3-8(16)5-9(10)13/h3-5,11H,6-7,16H2,1-2H3. The molecule has 0 bridgehead atoms. The molecular formula is C13H16F2N2O. The van der Waals surface area contributed by atoms with E-state index in [1.54, 1.807) is 18.2 Å². The molecule has 0 aliphatic carbocycles. The van der Waals surface area contributed by atoms with Crippen LogP contribution in [-0.2, 0) is 10.2 Å². The quantitative estimate of drug-likeness (QED) is 0.824. The zero-order chi connectivity index (χ0) is 13.5. The van der Waals surface area contributed by atoms with Crippen LogP contribution in [0.15, 0.2) is 18.2 Å². The third-order valence-corrected chi connectivity index (χ3v) is 3.26. The summed E-state index contributed by atoms with van der Waals surface area (Å²) in [5.74, 6) is -0.266. The van der Waals surface area contributed by atoms with Crippen LogP contribution in [0.2, 0.25) is 0 Å². The number of nitrogen functional groups attached to an aromatic ring is 1. The first-order chi connectivity index (χ1) is 8.31. The normalized spacial score (nSPS) is 18.1. The number of hydrogen-bond acceptors (Lipinski definition) is 2. The Bertz CT molecular complexity index is 486. The van der Waals surface area contributed by atoms with E-state index in [-0.39, 0.29) is 17.7 Å². The van der Waals surface area contributed by atoms with E-state index in [1.807, 2.05) is 13.8 Å². The van der Waals surface area contributed by atoms with Gasteiger partial charge in [-0.25, -0.2) is 8.78 Å². The van der Waals surface area contributed by atoms with Gasteiger partial charge in [0.15, 0.2) is 0 Å². The lowest BCUT2D eigenvalue weighted by Gasteiger charge is -2.38. The first-order valence-corrected chi connectivity index (χ1v) is 5.80. The maximum atomic E-state index is 12.5. The lowest BCUT2D eigenvalue weighted by molar-refractivity contribution is -0.120. The van der Waals surface area contributed by atoms with Crippen molar-refractivity contribution in [2.24, 2.45) is 0 Å². The van der Waals surface area contributed by atoms with Crippen LogP contribution in [0.3, 0.4) is 0 Å². The molecule has 1 heterocycles. The third-order valence-electron chi connectivity index (χ3n) is 3.26. The molecule has 0 saturated heterocycles. The van der Waals surface area contributed by atoms with Crippen molar-refractivity contribution in [1.82, 2.24) is 0 Å². The number of carbonyl (C=O) groups is 1. The van der Waals surface area contributed by atoms with Crippen LogP contribution in [0.1, 0.15) is 25.8 Å². The number of anilines is 2. The molecule has 98 valence electrons. The highest BCUT2D eigenvalue weighted by Gasteiger charge is 2.37. The molecule has 0 saturated carbocycles. The monoisotopic (exact) mass is 254 g/mol. The lowest BCUT2D eigenvalue weighted by Crippen LogP contribution is -2.44. The Morgan fingerprint density at radius 3 is 2.72 bits per heavy atom. The summed E-state index contributed by atoms with van der Waals surface area (Å²) >= 11 is 0. The van der Waals surface area contributed by atoms with Gasteiger partial charge in [-0.15, -0.1) is 0 Å². The molecule has 1 aliphatic heterocycles. The van der Waals surface area contributed by atoms with E-state index in [0.29, 0.717) is 11.4 Å². The van der Waals surface area contributed by atoms with Crippen molar-refractivity contribution in [3.63, 3.8) is 0 Å². The zero-order valence-corrected chi connectivity index (χ0v) is 10.4. The van der Waals surface area contributed by atoms with Crippen molar-refractivity contribution in [1.29, 1.82) is 0 Å². The molecule has 1 amide bonds. The number of carbonyl (C=O) groups excluding carboxylic acids is 1. The zero-order valence-electron chi connectivity index (χ0n) is 10.4. The van der Waals surface area contributed by atoms with Gasteiger partial charge in [0.05, 0.1) is 6.54 Å². The molecule has 1 aromatic rings. The van der Waals surface area contributed by atoms with E-state index >= 15 is 0 Å². The first-order valence-electron chi connectivity index (χ1n) is 5.80. The predicted octanol–water partition coefficient (Wildman–Crippen LogP) is 2.55. The van der Waals surface area contributed by atoms with Crippen LogP contribution < -0.4 is 10.6 Å². The van der Waals surface area contributed by atoms with Crippen molar-refractivity contribution in [3.05, 3.63) is 23.8 Å². The van der Waals surface area contributed by atoms with Crippen LogP contribution in [-0.4, -0.2) is 18.9 Å². The Morgan fingerprint density at radius 1 is 1.44 bits per heavy atom. The number of rotatable bonds is 2. The van der Waals surface area contributed by atoms with E-state index in [1.165, 1.54) is 0 Å². The van der Waals surface area contributed by atoms with Gasteiger partial charge in [0.25, 0.3) is 6.43 Å². The molecule has 0 aromatic heterocycles. The molecule has 5 heteroatoms. The van der Waals surface area contributed by atoms with Crippen LogP contribution in [0.4, 0.5) is 20.2 Å². The van der Waals surface area contributed by atoms with Gasteiger partial charge in [0, 0.05) is 23.2 Å². The number of nitrogens with zero attached hydrogens (tertiary/aromatic N) is 1. The molecular weight excluding hydrogens is 238 g/mol. The van der Waals surface area contributed by atoms with Crippen molar-refractivity contribution in [2.45, 2.75) is 32.1 Å². The highest BCUT2D eigenvalue weighted by atomic mass is 19.3. The SMILES string of the molecule is CC1(C)CC(=O)N(CC(F)F)c2ccc(N)cc21. The van der Waals surface area contributed by atoms with Crippen molar-refractivity contribution < 1.29 is 13.6 Å². The maximum Gasteiger partial charge on any atom is 0.256 e. The fraction of sp³-hybridized carbons (Fsp3) is 0.462. The molecule has 0 atom stereocenters. The average molecular weight is 254 g/mol. The molecule has 0 fully saturated rings. The van der Waals surface area contributed by atoms with Crippen LogP contribution in [0, 0.1) is 0 Å². The average Bonchev–Trinajstić information content (AvgIpc) is 2.23. The van der Waals surface area contributed by atoms with Crippen molar-refractivity contribution in [3.8, 4) is 0 Å². The van der Waals surface area contributed by atoms with E-state index in [4.69, 9.17) is 5.73 Å². The van der Waals surface area contributed by atoms with Gasteiger partial charge >= 0.3 is 0 Å². The largest absolute Gasteiger partial charge is 0.399 e.